The van der Waals surface area contributed by atoms with Crippen molar-refractivity contribution >= 4 is 59.8 Å². The van der Waals surface area contributed by atoms with Crippen molar-refractivity contribution in [3.05, 3.63) is 91.0 Å². The minimum atomic E-state index is -3.96. The Kier molecular flexibility index (Phi) is 32.8. The van der Waals surface area contributed by atoms with Crippen LogP contribution in [0.5, 0.6) is 57.5 Å². The Balaban J connectivity index is 0.000000661. The Hall–Kier alpha value is -6.61. The Morgan fingerprint density at radius 1 is 0.393 bits per heavy atom. The SMILES string of the molecule is CC#N.CC(N)C(C)N.COc1ccc(S(=O)(=O)Cl)cc1OC.COc1ccc(S(=O)(=O)N(C)C(C)C(C)N(C)S(=O)(=O)c2ccc(OC)c(OC)c2)cc1OC.COc1ccc(S(=O)(=O)NC(C)C(C)NS(=O)(=O)c2ccc(OC)c(OC)c2)cc1OC. The number of hydrogen-bond acceptors (Lipinski definition) is 23. The third-order valence-electron chi connectivity index (χ3n) is 13.1. The molecule has 0 aliphatic rings. The van der Waals surface area contributed by atoms with E-state index in [2.05, 4.69) is 9.44 Å². The minimum Gasteiger partial charge on any atom is -0.493 e. The van der Waals surface area contributed by atoms with E-state index in [-0.39, 0.29) is 59.6 Å². The van der Waals surface area contributed by atoms with Crippen LogP contribution in [0.2, 0.25) is 0 Å². The van der Waals surface area contributed by atoms with Crippen molar-refractivity contribution < 1.29 is 89.5 Å². The van der Waals surface area contributed by atoms with E-state index in [1.807, 2.05) is 13.8 Å². The molecule has 27 nitrogen and oxygen atoms in total. The molecule has 0 saturated carbocycles. The van der Waals surface area contributed by atoms with Crippen molar-refractivity contribution in [3.63, 3.8) is 0 Å². The molecule has 0 bridgehead atoms. The van der Waals surface area contributed by atoms with Crippen LogP contribution in [-0.4, -0.2) is 172 Å². The second kappa shape index (κ2) is 36.3. The molecule has 5 aromatic carbocycles. The van der Waals surface area contributed by atoms with Crippen LogP contribution in [0.1, 0.15) is 48.5 Å². The van der Waals surface area contributed by atoms with E-state index in [0.717, 1.165) is 8.61 Å². The van der Waals surface area contributed by atoms with Gasteiger partial charge in [-0.2, -0.15) is 13.9 Å². The van der Waals surface area contributed by atoms with Crippen molar-refractivity contribution in [1.29, 1.82) is 5.26 Å². The zero-order valence-electron chi connectivity index (χ0n) is 53.2. The van der Waals surface area contributed by atoms with Crippen LogP contribution in [0.3, 0.4) is 0 Å². The van der Waals surface area contributed by atoms with E-state index in [1.165, 1.54) is 183 Å². The monoisotopic (exact) mass is 1370 g/mol. The van der Waals surface area contributed by atoms with Gasteiger partial charge in [0.05, 0.1) is 102 Å². The second-order valence-corrected chi connectivity index (χ2v) is 28.8. The summed E-state index contributed by atoms with van der Waals surface area (Å²) in [5.74, 6) is 3.39. The number of sulfonamides is 4. The molecule has 0 saturated heterocycles. The minimum absolute atomic E-state index is 0.00268. The molecule has 0 aliphatic carbocycles. The molecule has 0 radical (unpaired) electrons. The van der Waals surface area contributed by atoms with E-state index in [0.29, 0.717) is 34.5 Å². The summed E-state index contributed by atoms with van der Waals surface area (Å²) in [6, 6.07) is 20.1. The van der Waals surface area contributed by atoms with Crippen LogP contribution in [0, 0.1) is 11.3 Å². The number of nitrogens with zero attached hydrogens (tertiary/aromatic N) is 3. The van der Waals surface area contributed by atoms with E-state index in [9.17, 15) is 42.1 Å². The number of likely N-dealkylation sites (N-methyl/N-ethyl adjacent to an activating group) is 2. The van der Waals surface area contributed by atoms with E-state index in [4.69, 9.17) is 74.8 Å². The molecule has 6 unspecified atom stereocenters. The highest BCUT2D eigenvalue weighted by Crippen LogP contribution is 2.35. The van der Waals surface area contributed by atoms with Gasteiger partial charge < -0.3 is 58.8 Å². The van der Waals surface area contributed by atoms with E-state index in [1.54, 1.807) is 33.8 Å². The number of nitrogens with one attached hydrogen (secondary N) is 2. The maximum Gasteiger partial charge on any atom is 0.261 e. The van der Waals surface area contributed by atoms with Gasteiger partial charge in [-0.05, 0) is 102 Å². The van der Waals surface area contributed by atoms with Gasteiger partial charge in [0.15, 0.2) is 57.5 Å². The molecule has 5 rings (SSSR count). The molecule has 0 fully saturated rings. The lowest BCUT2D eigenvalue weighted by atomic mass is 10.2. The third kappa shape index (κ3) is 22.7. The first kappa shape index (κ1) is 80.4. The van der Waals surface area contributed by atoms with Gasteiger partial charge in [0.2, 0.25) is 40.1 Å². The van der Waals surface area contributed by atoms with Crippen LogP contribution in [-0.2, 0) is 49.1 Å². The smallest absolute Gasteiger partial charge is 0.261 e. The van der Waals surface area contributed by atoms with Gasteiger partial charge in [0.1, 0.15) is 0 Å². The standard InChI is InChI=1S/C22H32N2O8S2.C20H28N2O8S2.C8H9ClO4S.C4H12N2.C2H3N/c1-15(23(3)33(25,26)17-9-11-19(29-5)21(13-17)31-7)16(2)24(4)34(27,28)18-10-12-20(30-6)22(14-18)32-8;1-13(21-31(23,24)15-7-9-17(27-3)19(11-15)29-5)14(2)22-32(25,26)16-8-10-18(28-4)20(12-16)30-6;1-12-7-4-3-6(14(9,10)11)5-8(7)13-2;1-3(5)4(2)6;1-2-3/h9-16H,1-8H3;7-14,21-22H,1-6H3;3-5H,1-2H3;3-4H,5-6H2,1-2H3;1H3. The quantitative estimate of drug-likeness (QED) is 0.0459. The molecule has 0 amide bonds. The van der Waals surface area contributed by atoms with Gasteiger partial charge in [-0.25, -0.2) is 51.5 Å². The normalized spacial score (nSPS) is 13.5. The fourth-order valence-electron chi connectivity index (χ4n) is 7.10. The number of nitrogens with two attached hydrogens (primary N) is 2. The average Bonchev–Trinajstić information content (AvgIpc) is 1.73. The summed E-state index contributed by atoms with van der Waals surface area (Å²) in [6.45, 7) is 11.6. The predicted octanol–water partition coefficient (Wildman–Crippen LogP) is 6.04. The number of hydrogen-bond donors (Lipinski definition) is 4. The lowest BCUT2D eigenvalue weighted by molar-refractivity contribution is 0.256. The molecular weight excluding hydrogens is 1290 g/mol. The van der Waals surface area contributed by atoms with Crippen molar-refractivity contribution in [2.75, 3.05) is 85.2 Å². The lowest BCUT2D eigenvalue weighted by Gasteiger charge is -2.34. The highest BCUT2D eigenvalue weighted by atomic mass is 35.7. The highest BCUT2D eigenvalue weighted by Gasteiger charge is 2.36. The van der Waals surface area contributed by atoms with Crippen molar-refractivity contribution in [2.45, 2.75) is 109 Å². The van der Waals surface area contributed by atoms with Crippen LogP contribution in [0.4, 0.5) is 0 Å². The van der Waals surface area contributed by atoms with Crippen LogP contribution in [0.15, 0.2) is 115 Å². The maximum absolute atomic E-state index is 13.3. The van der Waals surface area contributed by atoms with Crippen LogP contribution < -0.4 is 68.3 Å². The van der Waals surface area contributed by atoms with E-state index < -0.39 is 73.3 Å². The number of nitriles is 1. The molecule has 5 aromatic rings. The molecule has 6 N–H and O–H groups in total. The summed E-state index contributed by atoms with van der Waals surface area (Å²) < 4.78 is 185. The lowest BCUT2D eigenvalue weighted by Crippen LogP contribution is -2.49. The van der Waals surface area contributed by atoms with E-state index >= 15 is 0 Å². The Labute approximate surface area is 529 Å². The van der Waals surface area contributed by atoms with Crippen molar-refractivity contribution in [2.24, 2.45) is 11.5 Å². The molecular formula is C56H84ClN7O20S5. The first-order chi connectivity index (χ1) is 41.4. The largest absolute Gasteiger partial charge is 0.493 e. The molecule has 89 heavy (non-hydrogen) atoms. The van der Waals surface area contributed by atoms with Gasteiger partial charge in [0, 0.05) is 98.3 Å². The van der Waals surface area contributed by atoms with Gasteiger partial charge in [-0.1, -0.05) is 0 Å². The topological polar surface area (TPSA) is 369 Å². The summed E-state index contributed by atoms with van der Waals surface area (Å²) in [5, 5.41) is 7.32. The summed E-state index contributed by atoms with van der Waals surface area (Å²) in [5.41, 5.74) is 10.6. The molecule has 0 spiro atoms. The molecule has 0 heterocycles. The first-order valence-electron chi connectivity index (χ1n) is 26.3. The molecule has 6 atom stereocenters. The van der Waals surface area contributed by atoms with Crippen LogP contribution >= 0.6 is 10.7 Å². The Morgan fingerprint density at radius 2 is 0.584 bits per heavy atom. The predicted molar refractivity (Wildman–Crippen MR) is 338 cm³/mol. The second-order valence-electron chi connectivity index (χ2n) is 18.8. The first-order valence-corrected chi connectivity index (χ1v) is 34.4. The Morgan fingerprint density at radius 3 is 0.787 bits per heavy atom. The molecule has 0 aliphatic heterocycles. The number of methoxy groups -OCH3 is 10. The number of halogens is 1. The summed E-state index contributed by atoms with van der Waals surface area (Å²) in [4.78, 5) is -0.111. The number of rotatable bonds is 26. The van der Waals surface area contributed by atoms with Crippen molar-refractivity contribution in [3.8, 4) is 63.6 Å². The molecule has 33 heteroatoms. The molecule has 500 valence electrons. The zero-order valence-corrected chi connectivity index (χ0v) is 58.0. The molecule has 0 aromatic heterocycles. The zero-order chi connectivity index (χ0) is 68.6. The summed E-state index contributed by atoms with van der Waals surface area (Å²) in [6.07, 6.45) is 0. The van der Waals surface area contributed by atoms with Gasteiger partial charge in [-0.3, -0.25) is 0 Å². The number of ether oxygens (including phenoxy) is 10. The van der Waals surface area contributed by atoms with Gasteiger partial charge in [0.25, 0.3) is 9.05 Å². The van der Waals surface area contributed by atoms with Gasteiger partial charge >= 0.3 is 0 Å². The average molecular weight is 1370 g/mol. The maximum atomic E-state index is 13.3. The highest BCUT2D eigenvalue weighted by molar-refractivity contribution is 8.13. The Bertz CT molecular complexity index is 3520. The number of benzene rings is 5. The fourth-order valence-corrected chi connectivity index (χ4v) is 13.4. The van der Waals surface area contributed by atoms with Gasteiger partial charge in [-0.15, -0.1) is 0 Å². The van der Waals surface area contributed by atoms with Crippen LogP contribution in [0.25, 0.3) is 0 Å². The fraction of sp³-hybridized carbons (Fsp3) is 0.446. The third-order valence-corrected chi connectivity index (χ3v) is 21.5. The van der Waals surface area contributed by atoms with Crippen molar-refractivity contribution in [1.82, 2.24) is 18.1 Å². The summed E-state index contributed by atoms with van der Waals surface area (Å²) >= 11 is 0. The summed E-state index contributed by atoms with van der Waals surface area (Å²) in [7, 11) is 2.71.